The van der Waals surface area contributed by atoms with Crippen LogP contribution in [0.2, 0.25) is 0 Å². The van der Waals surface area contributed by atoms with Gasteiger partial charge in [-0.3, -0.25) is 4.99 Å². The molecule has 0 fully saturated rings. The summed E-state index contributed by atoms with van der Waals surface area (Å²) in [7, 11) is 0. The summed E-state index contributed by atoms with van der Waals surface area (Å²) in [6.07, 6.45) is 1.49. The van der Waals surface area contributed by atoms with Crippen molar-refractivity contribution in [2.24, 2.45) is 4.99 Å². The molecule has 0 aromatic heterocycles. The molecule has 0 saturated heterocycles. The van der Waals surface area contributed by atoms with Crippen LogP contribution >= 0.6 is 0 Å². The zero-order chi connectivity index (χ0) is 5.54. The van der Waals surface area contributed by atoms with E-state index in [9.17, 15) is 0 Å². The minimum atomic E-state index is 0.472. The Morgan fingerprint density at radius 2 is 2.43 bits per heavy atom. The molecule has 0 saturated carbocycles. The molecule has 1 heterocycles. The van der Waals surface area contributed by atoms with Crippen molar-refractivity contribution in [3.8, 4) is 0 Å². The normalized spacial score (nSPS) is 14.3. The van der Waals surface area contributed by atoms with Gasteiger partial charge in [0.15, 0.2) is 6.40 Å². The van der Waals surface area contributed by atoms with Gasteiger partial charge in [-0.1, -0.05) is 0 Å². The Balaban J connectivity index is 0.000000162. The van der Waals surface area contributed by atoms with Crippen molar-refractivity contribution < 1.29 is 27.4 Å². The second-order valence-corrected chi connectivity index (χ2v) is 0.882. The van der Waals surface area contributed by atoms with Gasteiger partial charge in [0.05, 0.1) is 6.54 Å². The topological polar surface area (TPSA) is 38.7 Å². The third-order valence-electron chi connectivity index (χ3n) is 0.487. The summed E-state index contributed by atoms with van der Waals surface area (Å²) in [5.41, 5.74) is 0. The van der Waals surface area contributed by atoms with Crippen molar-refractivity contribution in [3.05, 3.63) is 0 Å². The third-order valence-corrected chi connectivity index (χ3v) is 0.487. The van der Waals surface area contributed by atoms with Crippen LogP contribution in [0.25, 0.3) is 0 Å². The Hall–Kier alpha value is -0.0677. The second-order valence-electron chi connectivity index (χ2n) is 0.882. The van der Waals surface area contributed by atoms with Crippen LogP contribution in [0.15, 0.2) is 4.99 Å². The van der Waals surface area contributed by atoms with Gasteiger partial charge in [0.2, 0.25) is 0 Å². The van der Waals surface area contributed by atoms with Gasteiger partial charge in [0.25, 0.3) is 0 Å². The predicted molar refractivity (Wildman–Crippen MR) is 20.0 cm³/mol. The van der Waals surface area contributed by atoms with Crippen molar-refractivity contribution >= 4 is 6.40 Å². The van der Waals surface area contributed by atoms with Crippen molar-refractivity contribution in [1.82, 2.24) is 0 Å². The Labute approximate surface area is 52.5 Å². The first-order valence-corrected chi connectivity index (χ1v) is 2.86. The molecule has 0 spiro atoms. The molecule has 0 amide bonds. The van der Waals surface area contributed by atoms with E-state index < -0.39 is 0 Å². The van der Waals surface area contributed by atoms with Gasteiger partial charge in [0.1, 0.15) is 6.61 Å². The summed E-state index contributed by atoms with van der Waals surface area (Å²) in [5.74, 6) is 0. The predicted octanol–water partition coefficient (Wildman–Crippen LogP) is -0.0764. The average molecular weight is 273 g/mol. The van der Waals surface area contributed by atoms with Gasteiger partial charge in [0, 0.05) is 0 Å². The molecule has 4 heteroatoms. The molecule has 0 radical (unpaired) electrons. The number of nitrogens with zero attached hydrogens (tertiary/aromatic N) is 1. The van der Waals surface area contributed by atoms with E-state index in [2.05, 4.69) is 9.73 Å². The van der Waals surface area contributed by atoms with E-state index in [0.717, 1.165) is 13.2 Å². The van der Waals surface area contributed by atoms with Crippen LogP contribution < -0.4 is 0 Å². The molecule has 0 N–H and O–H groups in total. The van der Waals surface area contributed by atoms with E-state index in [1.807, 2.05) is 0 Å². The molecule has 1 aliphatic rings. The number of rotatable bonds is 0. The van der Waals surface area contributed by atoms with Crippen LogP contribution in [-0.2, 0) is 27.4 Å². The van der Waals surface area contributed by atoms with Crippen molar-refractivity contribution in [1.29, 1.82) is 0 Å². The molecular weight excluding hydrogens is 268 g/mol. The monoisotopic (exact) mass is 274 g/mol. The van der Waals surface area contributed by atoms with Crippen LogP contribution in [0, 0.1) is 0 Å². The fourth-order valence-electron chi connectivity index (χ4n) is 0.264. The molecule has 0 aromatic carbocycles. The summed E-state index contributed by atoms with van der Waals surface area (Å²) in [6.45, 7) is 1.62. The molecule has 0 aromatic rings. The van der Waals surface area contributed by atoms with E-state index in [4.69, 9.17) is 3.47 Å². The first kappa shape index (κ1) is 6.93. The van der Waals surface area contributed by atoms with E-state index in [0.29, 0.717) is 19.2 Å². The molecule has 0 bridgehead atoms. The molecule has 0 aliphatic carbocycles. The molecule has 7 heavy (non-hydrogen) atoms. The summed E-state index contributed by atoms with van der Waals surface area (Å²) in [5, 5.41) is 0. The minimum absolute atomic E-state index is 0.472. The van der Waals surface area contributed by atoms with E-state index in [-0.39, 0.29) is 0 Å². The van der Waals surface area contributed by atoms with Crippen molar-refractivity contribution in [2.45, 2.75) is 0 Å². The molecule has 1 rings (SSSR count). The van der Waals surface area contributed by atoms with E-state index >= 15 is 0 Å². The van der Waals surface area contributed by atoms with Crippen molar-refractivity contribution in [2.75, 3.05) is 13.2 Å². The van der Waals surface area contributed by atoms with Gasteiger partial charge in [-0.2, -0.15) is 0 Å². The Kier molecular flexibility index (Phi) is 5.87. The molecule has 1 aliphatic heterocycles. The summed E-state index contributed by atoms with van der Waals surface area (Å²) in [4.78, 5) is 3.74. The maximum absolute atomic E-state index is 8.31. The average Bonchev–Trinajstić information content (AvgIpc) is 2.23. The molecule has 0 unspecified atom stereocenters. The van der Waals surface area contributed by atoms with E-state index in [1.54, 1.807) is 0 Å². The Morgan fingerprint density at radius 3 is 2.57 bits per heavy atom. The summed E-state index contributed by atoms with van der Waals surface area (Å²) >= 11 is 0.472. The van der Waals surface area contributed by atoms with Crippen LogP contribution in [0.5, 0.6) is 0 Å². The fraction of sp³-hybridized carbons (Fsp3) is 0.667. The van der Waals surface area contributed by atoms with Gasteiger partial charge >= 0.3 is 22.6 Å². The third kappa shape index (κ3) is 3.77. The van der Waals surface area contributed by atoms with Gasteiger partial charge < -0.3 is 4.74 Å². The number of hydrogen-bond acceptors (Lipinski definition) is 3. The molecule has 3 nitrogen and oxygen atoms in total. The molecular formula is C3H5NO2Re. The van der Waals surface area contributed by atoms with Crippen LogP contribution in [0.4, 0.5) is 0 Å². The quantitative estimate of drug-likeness (QED) is 0.619. The standard InChI is InChI=1S/C3H5NO.O.Re/c1-2-5-3-4-1;;/h3H,1-2H2;;. The number of aliphatic imine (C=N–C) groups is 1. The number of hydrogen-bond donors (Lipinski definition) is 0. The van der Waals surface area contributed by atoms with E-state index in [1.165, 1.54) is 6.40 Å². The Morgan fingerprint density at radius 1 is 1.71 bits per heavy atom. The second kappa shape index (κ2) is 5.93. The van der Waals surface area contributed by atoms with Crippen LogP contribution in [-0.4, -0.2) is 19.6 Å². The molecule has 0 atom stereocenters. The zero-order valence-corrected chi connectivity index (χ0v) is 6.35. The Bertz CT molecular complexity index is 60.0. The fourth-order valence-corrected chi connectivity index (χ4v) is 0.264. The molecule has 41 valence electrons. The first-order chi connectivity index (χ1) is 3.50. The zero-order valence-electron chi connectivity index (χ0n) is 3.63. The summed E-state index contributed by atoms with van der Waals surface area (Å²) < 4.78 is 13.0. The first-order valence-electron chi connectivity index (χ1n) is 1.75. The van der Waals surface area contributed by atoms with Crippen molar-refractivity contribution in [3.63, 3.8) is 0 Å². The van der Waals surface area contributed by atoms with Gasteiger partial charge in [-0.15, -0.1) is 0 Å². The van der Waals surface area contributed by atoms with Crippen LogP contribution in [0.3, 0.4) is 0 Å². The van der Waals surface area contributed by atoms with Crippen LogP contribution in [0.1, 0.15) is 0 Å². The maximum atomic E-state index is 8.31. The van der Waals surface area contributed by atoms with Gasteiger partial charge in [-0.05, 0) is 0 Å². The SMILES string of the molecule is C1=NCCO1.[O]=[Re]. The number of ether oxygens (including phenoxy) is 1. The van der Waals surface area contributed by atoms with Gasteiger partial charge in [-0.25, -0.2) is 0 Å². The summed E-state index contributed by atoms with van der Waals surface area (Å²) in [6, 6.07) is 0.